The van der Waals surface area contributed by atoms with E-state index in [0.29, 0.717) is 0 Å². The summed E-state index contributed by atoms with van der Waals surface area (Å²) in [7, 11) is 0. The van der Waals surface area contributed by atoms with E-state index < -0.39 is 0 Å². The number of rotatable bonds is 2. The number of pyridine rings is 2. The van der Waals surface area contributed by atoms with Crippen LogP contribution in [0.5, 0.6) is 0 Å². The molecule has 0 aromatic carbocycles. The zero-order valence-electron chi connectivity index (χ0n) is 11.0. The second-order valence-corrected chi connectivity index (χ2v) is 4.61. The molecule has 3 aromatic heterocycles. The van der Waals surface area contributed by atoms with E-state index in [1.807, 2.05) is 62.4 Å². The van der Waals surface area contributed by atoms with Crippen LogP contribution in [0.15, 0.2) is 48.5 Å². The molecule has 0 unspecified atom stereocenters. The number of nitrogens with one attached hydrogen (secondary N) is 1. The van der Waals surface area contributed by atoms with Crippen LogP contribution in [0.4, 0.5) is 0 Å². The molecule has 3 heterocycles. The summed E-state index contributed by atoms with van der Waals surface area (Å²) in [6.45, 7) is 3.99. The summed E-state index contributed by atoms with van der Waals surface area (Å²) >= 11 is 0. The average Bonchev–Trinajstić information content (AvgIpc) is 2.88. The summed E-state index contributed by atoms with van der Waals surface area (Å²) in [4.78, 5) is 12.4. The minimum Gasteiger partial charge on any atom is -0.352 e. The van der Waals surface area contributed by atoms with Gasteiger partial charge < -0.3 is 4.98 Å². The molecule has 0 saturated heterocycles. The molecule has 3 aromatic rings. The van der Waals surface area contributed by atoms with Crippen molar-refractivity contribution in [3.05, 3.63) is 59.9 Å². The molecule has 0 spiro atoms. The first kappa shape index (κ1) is 11.7. The summed E-state index contributed by atoms with van der Waals surface area (Å²) < 4.78 is 0. The average molecular weight is 249 g/mol. The molecular formula is C16H15N3. The zero-order chi connectivity index (χ0) is 13.2. The van der Waals surface area contributed by atoms with Crippen molar-refractivity contribution >= 4 is 0 Å². The maximum Gasteiger partial charge on any atom is 0.0867 e. The molecule has 3 heteroatoms. The number of hydrogen-bond donors (Lipinski definition) is 1. The molecule has 0 fully saturated rings. The van der Waals surface area contributed by atoms with Crippen molar-refractivity contribution in [2.75, 3.05) is 0 Å². The predicted octanol–water partition coefficient (Wildman–Crippen LogP) is 3.76. The van der Waals surface area contributed by atoms with Crippen LogP contribution in [-0.2, 0) is 0 Å². The number of aryl methyl sites for hydroxylation is 2. The molecule has 0 aliphatic carbocycles. The van der Waals surface area contributed by atoms with E-state index >= 15 is 0 Å². The maximum absolute atomic E-state index is 4.52. The second-order valence-electron chi connectivity index (χ2n) is 4.61. The van der Waals surface area contributed by atoms with Gasteiger partial charge in [-0.2, -0.15) is 0 Å². The zero-order valence-corrected chi connectivity index (χ0v) is 11.0. The molecule has 3 nitrogen and oxygen atoms in total. The summed E-state index contributed by atoms with van der Waals surface area (Å²) in [5, 5.41) is 0. The summed E-state index contributed by atoms with van der Waals surface area (Å²) in [6, 6.07) is 16.1. The van der Waals surface area contributed by atoms with Crippen LogP contribution in [0.2, 0.25) is 0 Å². The lowest BCUT2D eigenvalue weighted by Gasteiger charge is -2.00. The van der Waals surface area contributed by atoms with Crippen LogP contribution in [0.1, 0.15) is 11.4 Å². The lowest BCUT2D eigenvalue weighted by molar-refractivity contribution is 1.17. The first-order valence-electron chi connectivity index (χ1n) is 6.29. The van der Waals surface area contributed by atoms with Crippen LogP contribution in [0.3, 0.4) is 0 Å². The Hall–Kier alpha value is -2.42. The Morgan fingerprint density at radius 1 is 0.684 bits per heavy atom. The predicted molar refractivity (Wildman–Crippen MR) is 76.7 cm³/mol. The van der Waals surface area contributed by atoms with Crippen molar-refractivity contribution in [2.24, 2.45) is 0 Å². The van der Waals surface area contributed by atoms with Crippen molar-refractivity contribution in [3.8, 4) is 22.8 Å². The fourth-order valence-electron chi connectivity index (χ4n) is 2.08. The van der Waals surface area contributed by atoms with E-state index in [2.05, 4.69) is 15.0 Å². The number of H-pyrrole nitrogens is 1. The molecule has 94 valence electrons. The van der Waals surface area contributed by atoms with Crippen LogP contribution < -0.4 is 0 Å². The Kier molecular flexibility index (Phi) is 2.88. The molecule has 0 radical (unpaired) electrons. The highest BCUT2D eigenvalue weighted by Crippen LogP contribution is 2.22. The number of nitrogens with zero attached hydrogens (tertiary/aromatic N) is 2. The number of aromatic amines is 1. The van der Waals surface area contributed by atoms with Gasteiger partial charge in [0.25, 0.3) is 0 Å². The van der Waals surface area contributed by atoms with E-state index in [-0.39, 0.29) is 0 Å². The highest BCUT2D eigenvalue weighted by Gasteiger charge is 2.05. The van der Waals surface area contributed by atoms with E-state index in [9.17, 15) is 0 Å². The number of hydrogen-bond acceptors (Lipinski definition) is 2. The molecule has 3 rings (SSSR count). The first-order valence-corrected chi connectivity index (χ1v) is 6.29. The smallest absolute Gasteiger partial charge is 0.0867 e. The Morgan fingerprint density at radius 2 is 1.16 bits per heavy atom. The number of aromatic nitrogens is 3. The minimum absolute atomic E-state index is 0.957. The Bertz CT molecular complexity index is 653. The molecular weight excluding hydrogens is 234 g/mol. The van der Waals surface area contributed by atoms with Gasteiger partial charge >= 0.3 is 0 Å². The minimum atomic E-state index is 0.957. The summed E-state index contributed by atoms with van der Waals surface area (Å²) in [5.41, 5.74) is 5.98. The molecule has 0 saturated carbocycles. The van der Waals surface area contributed by atoms with Crippen LogP contribution >= 0.6 is 0 Å². The Labute approximate surface area is 112 Å². The van der Waals surface area contributed by atoms with Crippen LogP contribution in [0, 0.1) is 13.8 Å². The van der Waals surface area contributed by atoms with Gasteiger partial charge in [0, 0.05) is 11.4 Å². The molecule has 1 N–H and O–H groups in total. The third kappa shape index (κ3) is 2.40. The first-order chi connectivity index (χ1) is 9.22. The van der Waals surface area contributed by atoms with Crippen molar-refractivity contribution in [2.45, 2.75) is 13.8 Å². The van der Waals surface area contributed by atoms with E-state index in [0.717, 1.165) is 34.2 Å². The fourth-order valence-corrected chi connectivity index (χ4v) is 2.08. The van der Waals surface area contributed by atoms with E-state index in [1.165, 1.54) is 0 Å². The highest BCUT2D eigenvalue weighted by atomic mass is 14.8. The lowest BCUT2D eigenvalue weighted by atomic mass is 10.2. The topological polar surface area (TPSA) is 41.6 Å². The van der Waals surface area contributed by atoms with Gasteiger partial charge in [0.15, 0.2) is 0 Å². The van der Waals surface area contributed by atoms with Gasteiger partial charge in [0.05, 0.1) is 22.8 Å². The van der Waals surface area contributed by atoms with Crippen LogP contribution in [0.25, 0.3) is 22.8 Å². The highest BCUT2D eigenvalue weighted by molar-refractivity contribution is 5.64. The molecule has 19 heavy (non-hydrogen) atoms. The van der Waals surface area contributed by atoms with E-state index in [4.69, 9.17) is 0 Å². The van der Waals surface area contributed by atoms with Crippen molar-refractivity contribution < 1.29 is 0 Å². The van der Waals surface area contributed by atoms with Gasteiger partial charge in [0.2, 0.25) is 0 Å². The van der Waals surface area contributed by atoms with Crippen molar-refractivity contribution in [3.63, 3.8) is 0 Å². The summed E-state index contributed by atoms with van der Waals surface area (Å²) in [6.07, 6.45) is 0. The third-order valence-electron chi connectivity index (χ3n) is 3.01. The largest absolute Gasteiger partial charge is 0.352 e. The van der Waals surface area contributed by atoms with Gasteiger partial charge in [-0.1, -0.05) is 12.1 Å². The molecule has 0 atom stereocenters. The SMILES string of the molecule is Cc1cccc(-c2ccc(-c3cccc(C)n3)[nH]2)n1. The third-order valence-corrected chi connectivity index (χ3v) is 3.01. The Balaban J connectivity index is 2.00. The maximum atomic E-state index is 4.52. The van der Waals surface area contributed by atoms with Gasteiger partial charge in [-0.15, -0.1) is 0 Å². The molecule has 0 bridgehead atoms. The fraction of sp³-hybridized carbons (Fsp3) is 0.125. The van der Waals surface area contributed by atoms with Gasteiger partial charge in [-0.25, -0.2) is 0 Å². The Morgan fingerprint density at radius 3 is 1.58 bits per heavy atom. The van der Waals surface area contributed by atoms with Gasteiger partial charge in [-0.05, 0) is 50.2 Å². The van der Waals surface area contributed by atoms with Crippen molar-refractivity contribution in [1.82, 2.24) is 15.0 Å². The molecule has 0 aliphatic heterocycles. The quantitative estimate of drug-likeness (QED) is 0.751. The van der Waals surface area contributed by atoms with Gasteiger partial charge in [-0.3, -0.25) is 9.97 Å². The van der Waals surface area contributed by atoms with Crippen molar-refractivity contribution in [1.29, 1.82) is 0 Å². The molecule has 0 amide bonds. The lowest BCUT2D eigenvalue weighted by Crippen LogP contribution is -1.88. The van der Waals surface area contributed by atoms with E-state index in [1.54, 1.807) is 0 Å². The second kappa shape index (κ2) is 4.69. The monoisotopic (exact) mass is 249 g/mol. The standard InChI is InChI=1S/C16H15N3/c1-11-5-3-7-13(17-11)15-9-10-16(19-15)14-8-4-6-12(2)18-14/h3-10,19H,1-2H3. The van der Waals surface area contributed by atoms with Gasteiger partial charge in [0.1, 0.15) is 0 Å². The summed E-state index contributed by atoms with van der Waals surface area (Å²) in [5.74, 6) is 0. The normalized spacial score (nSPS) is 10.6. The molecule has 0 aliphatic rings. The van der Waals surface area contributed by atoms with Crippen LogP contribution in [-0.4, -0.2) is 15.0 Å².